The van der Waals surface area contributed by atoms with Crippen molar-refractivity contribution in [1.29, 1.82) is 0 Å². The number of piperazine rings is 1. The Morgan fingerprint density at radius 1 is 1.45 bits per heavy atom. The minimum atomic E-state index is -0.247. The third kappa shape index (κ3) is 4.00. The lowest BCUT2D eigenvalue weighted by Crippen LogP contribution is -2.53. The summed E-state index contributed by atoms with van der Waals surface area (Å²) >= 11 is 6.15. The van der Waals surface area contributed by atoms with E-state index in [1.165, 1.54) is 0 Å². The first-order valence-corrected chi connectivity index (χ1v) is 8.46. The summed E-state index contributed by atoms with van der Waals surface area (Å²) in [5.41, 5.74) is 0.985. The molecule has 0 aromatic heterocycles. The number of benzene rings is 1. The van der Waals surface area contributed by atoms with E-state index in [-0.39, 0.29) is 11.9 Å². The molecule has 1 heterocycles. The summed E-state index contributed by atoms with van der Waals surface area (Å²) in [6.07, 6.45) is 0. The summed E-state index contributed by atoms with van der Waals surface area (Å²) in [6, 6.07) is 7.84. The van der Waals surface area contributed by atoms with Gasteiger partial charge in [-0.3, -0.25) is 9.69 Å². The van der Waals surface area contributed by atoms with Gasteiger partial charge in [0.2, 0.25) is 5.91 Å². The number of halogens is 1. The molecule has 2 unspecified atom stereocenters. The fraction of sp³-hybridized carbons (Fsp3) is 0.588. The fourth-order valence-electron chi connectivity index (χ4n) is 3.09. The first-order chi connectivity index (χ1) is 10.6. The van der Waals surface area contributed by atoms with Gasteiger partial charge in [-0.25, -0.2) is 0 Å². The molecule has 1 aromatic rings. The number of carbonyl (C=O) groups excluding carboxylic acids is 1. The van der Waals surface area contributed by atoms with Crippen LogP contribution in [0.25, 0.3) is 0 Å². The number of nitrogens with one attached hydrogen (secondary N) is 1. The number of hydrogen-bond donors (Lipinski definition) is 1. The van der Waals surface area contributed by atoms with Crippen LogP contribution >= 0.6 is 11.6 Å². The molecule has 1 aromatic carbocycles. The lowest BCUT2D eigenvalue weighted by Gasteiger charge is -2.39. The highest BCUT2D eigenvalue weighted by atomic mass is 35.5. The van der Waals surface area contributed by atoms with Crippen molar-refractivity contribution in [1.82, 2.24) is 15.1 Å². The van der Waals surface area contributed by atoms with Crippen LogP contribution in [0.3, 0.4) is 0 Å². The maximum atomic E-state index is 13.0. The van der Waals surface area contributed by atoms with Crippen LogP contribution in [-0.4, -0.2) is 54.5 Å². The molecule has 5 heteroatoms. The van der Waals surface area contributed by atoms with Gasteiger partial charge >= 0.3 is 0 Å². The molecule has 1 saturated heterocycles. The van der Waals surface area contributed by atoms with Crippen LogP contribution in [0, 0.1) is 0 Å². The van der Waals surface area contributed by atoms with E-state index in [9.17, 15) is 4.79 Å². The van der Waals surface area contributed by atoms with Crippen molar-refractivity contribution in [2.24, 2.45) is 0 Å². The lowest BCUT2D eigenvalue weighted by atomic mass is 10.0. The summed E-state index contributed by atoms with van der Waals surface area (Å²) in [5.74, 6) is 0.168. The average molecular weight is 324 g/mol. The number of carbonyl (C=O) groups is 1. The molecule has 1 N–H and O–H groups in total. The molecule has 0 aliphatic carbocycles. The summed E-state index contributed by atoms with van der Waals surface area (Å²) in [6.45, 7) is 10.3. The Morgan fingerprint density at radius 3 is 2.77 bits per heavy atom. The molecule has 1 amide bonds. The van der Waals surface area contributed by atoms with Gasteiger partial charge in [0.25, 0.3) is 0 Å². The Morgan fingerprint density at radius 2 is 2.18 bits per heavy atom. The van der Waals surface area contributed by atoms with Crippen LogP contribution in [0.5, 0.6) is 0 Å². The molecule has 22 heavy (non-hydrogen) atoms. The van der Waals surface area contributed by atoms with Crippen molar-refractivity contribution >= 4 is 17.5 Å². The first-order valence-electron chi connectivity index (χ1n) is 8.08. The van der Waals surface area contributed by atoms with E-state index in [4.69, 9.17) is 11.6 Å². The Hall–Kier alpha value is -1.10. The molecular formula is C17H26ClN3O. The molecule has 2 atom stereocenters. The van der Waals surface area contributed by atoms with Gasteiger partial charge in [-0.05, 0) is 38.5 Å². The smallest absolute Gasteiger partial charge is 0.244 e. The highest BCUT2D eigenvalue weighted by molar-refractivity contribution is 6.30. The Kier molecular flexibility index (Phi) is 6.24. The van der Waals surface area contributed by atoms with E-state index in [1.54, 1.807) is 0 Å². The maximum Gasteiger partial charge on any atom is 0.244 e. The number of nitrogens with zero attached hydrogens (tertiary/aromatic N) is 2. The van der Waals surface area contributed by atoms with Gasteiger partial charge < -0.3 is 10.2 Å². The zero-order valence-corrected chi connectivity index (χ0v) is 14.4. The topological polar surface area (TPSA) is 35.6 Å². The van der Waals surface area contributed by atoms with E-state index in [1.807, 2.05) is 43.0 Å². The molecule has 0 bridgehead atoms. The monoisotopic (exact) mass is 323 g/mol. The van der Waals surface area contributed by atoms with Crippen LogP contribution < -0.4 is 5.32 Å². The molecule has 1 aliphatic heterocycles. The van der Waals surface area contributed by atoms with Gasteiger partial charge in [0.1, 0.15) is 6.04 Å². The zero-order chi connectivity index (χ0) is 16.1. The summed E-state index contributed by atoms with van der Waals surface area (Å²) < 4.78 is 0. The van der Waals surface area contributed by atoms with Crippen LogP contribution in [0.4, 0.5) is 0 Å². The van der Waals surface area contributed by atoms with Gasteiger partial charge in [-0.15, -0.1) is 0 Å². The van der Waals surface area contributed by atoms with Crippen LogP contribution in [0.1, 0.15) is 32.4 Å². The van der Waals surface area contributed by atoms with Gasteiger partial charge in [0.05, 0.1) is 0 Å². The second-order valence-corrected chi connectivity index (χ2v) is 6.25. The Bertz CT molecular complexity index is 504. The van der Waals surface area contributed by atoms with E-state index in [0.29, 0.717) is 11.1 Å². The second-order valence-electron chi connectivity index (χ2n) is 5.82. The normalized spacial score (nSPS) is 20.6. The lowest BCUT2D eigenvalue weighted by molar-refractivity contribution is -0.137. The van der Waals surface area contributed by atoms with Crippen LogP contribution in [-0.2, 0) is 4.79 Å². The fourth-order valence-corrected chi connectivity index (χ4v) is 3.29. The van der Waals surface area contributed by atoms with Crippen molar-refractivity contribution in [3.8, 4) is 0 Å². The van der Waals surface area contributed by atoms with E-state index < -0.39 is 0 Å². The number of rotatable bonds is 5. The average Bonchev–Trinajstić information content (AvgIpc) is 2.49. The van der Waals surface area contributed by atoms with Gasteiger partial charge in [-0.1, -0.05) is 23.7 Å². The maximum absolute atomic E-state index is 13.0. The molecule has 4 nitrogen and oxygen atoms in total. The highest BCUT2D eigenvalue weighted by Crippen LogP contribution is 2.26. The largest absolute Gasteiger partial charge is 0.342 e. The minimum absolute atomic E-state index is 0.168. The van der Waals surface area contributed by atoms with Crippen molar-refractivity contribution < 1.29 is 4.79 Å². The predicted octanol–water partition coefficient (Wildman–Crippen LogP) is 2.54. The van der Waals surface area contributed by atoms with Gasteiger partial charge in [0.15, 0.2) is 0 Å². The highest BCUT2D eigenvalue weighted by Gasteiger charge is 2.32. The van der Waals surface area contributed by atoms with Crippen molar-refractivity contribution in [3.63, 3.8) is 0 Å². The minimum Gasteiger partial charge on any atom is -0.342 e. The van der Waals surface area contributed by atoms with E-state index in [2.05, 4.69) is 17.1 Å². The number of hydrogen-bond acceptors (Lipinski definition) is 3. The second kappa shape index (κ2) is 7.95. The molecule has 1 aliphatic rings. The standard InChI is InChI=1S/C17H26ClN3O/c1-4-20(5-2)17(22)16(14-7-6-8-15(18)11-14)21-10-9-19-13(3)12-21/h6-8,11,13,16,19H,4-5,9-10,12H2,1-3H3. The number of likely N-dealkylation sites (N-methyl/N-ethyl adjacent to an activating group) is 1. The van der Waals surface area contributed by atoms with E-state index in [0.717, 1.165) is 38.3 Å². The first kappa shape index (κ1) is 17.3. The van der Waals surface area contributed by atoms with Crippen molar-refractivity contribution in [2.45, 2.75) is 32.9 Å². The molecule has 0 spiro atoms. The van der Waals surface area contributed by atoms with Crippen molar-refractivity contribution in [2.75, 3.05) is 32.7 Å². The quantitative estimate of drug-likeness (QED) is 0.904. The third-order valence-corrected chi connectivity index (χ3v) is 4.47. The summed E-state index contributed by atoms with van der Waals surface area (Å²) in [7, 11) is 0. The molecule has 1 fully saturated rings. The van der Waals surface area contributed by atoms with Crippen molar-refractivity contribution in [3.05, 3.63) is 34.9 Å². The predicted molar refractivity (Wildman–Crippen MR) is 91.2 cm³/mol. The zero-order valence-electron chi connectivity index (χ0n) is 13.7. The number of amides is 1. The van der Waals surface area contributed by atoms with Crippen LogP contribution in [0.15, 0.2) is 24.3 Å². The van der Waals surface area contributed by atoms with Gasteiger partial charge in [0, 0.05) is 43.8 Å². The molecule has 0 saturated carbocycles. The summed E-state index contributed by atoms with van der Waals surface area (Å²) in [5, 5.41) is 4.11. The SMILES string of the molecule is CCN(CC)C(=O)C(c1cccc(Cl)c1)N1CCNC(C)C1. The van der Waals surface area contributed by atoms with E-state index >= 15 is 0 Å². The molecule has 2 rings (SSSR count). The van der Waals surface area contributed by atoms with Crippen LogP contribution in [0.2, 0.25) is 5.02 Å². The molecule has 122 valence electrons. The molecule has 0 radical (unpaired) electrons. The Balaban J connectivity index is 2.33. The third-order valence-electron chi connectivity index (χ3n) is 4.24. The summed E-state index contributed by atoms with van der Waals surface area (Å²) in [4.78, 5) is 17.2. The Labute approximate surface area is 138 Å². The van der Waals surface area contributed by atoms with Gasteiger partial charge in [-0.2, -0.15) is 0 Å². The molecular weight excluding hydrogens is 298 g/mol.